The summed E-state index contributed by atoms with van der Waals surface area (Å²) < 4.78 is 0. The first-order valence-electron chi connectivity index (χ1n) is 8.18. The van der Waals surface area contributed by atoms with Crippen molar-refractivity contribution in [1.82, 2.24) is 5.32 Å². The molecule has 2 unspecified atom stereocenters. The standard InChI is InChI=1S/C18H26N2O3/c1-18(2,3)17(23)19-13-8-6-7-12(11-13)16(22)20-14-9-4-5-10-15(14)21/h6-8,11,14-15,21H,4-5,9-10H2,1-3H3,(H,19,23)(H,20,22). The Hall–Kier alpha value is -1.88. The van der Waals surface area contributed by atoms with E-state index in [1.807, 2.05) is 20.8 Å². The van der Waals surface area contributed by atoms with Crippen LogP contribution in [0.3, 0.4) is 0 Å². The Balaban J connectivity index is 2.04. The molecule has 0 bridgehead atoms. The van der Waals surface area contributed by atoms with Gasteiger partial charge in [-0.25, -0.2) is 0 Å². The number of hydrogen-bond acceptors (Lipinski definition) is 3. The van der Waals surface area contributed by atoms with Crippen molar-refractivity contribution in [2.75, 3.05) is 5.32 Å². The summed E-state index contributed by atoms with van der Waals surface area (Å²) in [7, 11) is 0. The van der Waals surface area contributed by atoms with Gasteiger partial charge in [0.15, 0.2) is 0 Å². The van der Waals surface area contributed by atoms with E-state index in [1.54, 1.807) is 24.3 Å². The fraction of sp³-hybridized carbons (Fsp3) is 0.556. The average Bonchev–Trinajstić information content (AvgIpc) is 2.49. The van der Waals surface area contributed by atoms with Crippen LogP contribution in [0, 0.1) is 5.41 Å². The van der Waals surface area contributed by atoms with Crippen molar-refractivity contribution in [3.63, 3.8) is 0 Å². The van der Waals surface area contributed by atoms with E-state index in [2.05, 4.69) is 10.6 Å². The Morgan fingerprint density at radius 1 is 1.17 bits per heavy atom. The predicted molar refractivity (Wildman–Crippen MR) is 90.3 cm³/mol. The maximum atomic E-state index is 12.4. The number of carbonyl (C=O) groups excluding carboxylic acids is 2. The number of anilines is 1. The van der Waals surface area contributed by atoms with Gasteiger partial charge in [-0.1, -0.05) is 39.7 Å². The lowest BCUT2D eigenvalue weighted by molar-refractivity contribution is -0.123. The molecule has 2 atom stereocenters. The second-order valence-electron chi connectivity index (χ2n) is 7.22. The van der Waals surface area contributed by atoms with Crippen LogP contribution in [0.15, 0.2) is 24.3 Å². The molecule has 1 saturated carbocycles. The number of aliphatic hydroxyl groups excluding tert-OH is 1. The van der Waals surface area contributed by atoms with E-state index in [4.69, 9.17) is 0 Å². The molecule has 5 nitrogen and oxygen atoms in total. The van der Waals surface area contributed by atoms with Crippen molar-refractivity contribution < 1.29 is 14.7 Å². The van der Waals surface area contributed by atoms with Crippen molar-refractivity contribution in [2.24, 2.45) is 5.41 Å². The quantitative estimate of drug-likeness (QED) is 0.802. The summed E-state index contributed by atoms with van der Waals surface area (Å²) >= 11 is 0. The molecule has 0 radical (unpaired) electrons. The molecule has 3 N–H and O–H groups in total. The summed E-state index contributed by atoms with van der Waals surface area (Å²) in [5.74, 6) is -0.319. The summed E-state index contributed by atoms with van der Waals surface area (Å²) in [6.07, 6.45) is 3.07. The minimum atomic E-state index is -0.496. The largest absolute Gasteiger partial charge is 0.391 e. The van der Waals surface area contributed by atoms with Crippen LogP contribution in [0.1, 0.15) is 56.8 Å². The highest BCUT2D eigenvalue weighted by Gasteiger charge is 2.25. The zero-order valence-electron chi connectivity index (χ0n) is 14.1. The Labute approximate surface area is 137 Å². The molecular weight excluding hydrogens is 292 g/mol. The van der Waals surface area contributed by atoms with E-state index in [-0.39, 0.29) is 17.9 Å². The smallest absolute Gasteiger partial charge is 0.251 e. The monoisotopic (exact) mass is 318 g/mol. The molecule has 23 heavy (non-hydrogen) atoms. The molecule has 1 aliphatic carbocycles. The van der Waals surface area contributed by atoms with Crippen molar-refractivity contribution in [2.45, 2.75) is 58.6 Å². The number of aliphatic hydroxyl groups is 1. The normalized spacial score (nSPS) is 21.6. The van der Waals surface area contributed by atoms with E-state index >= 15 is 0 Å². The fourth-order valence-corrected chi connectivity index (χ4v) is 2.59. The predicted octanol–water partition coefficient (Wildman–Crippen LogP) is 2.70. The molecule has 0 aromatic heterocycles. The first kappa shape index (κ1) is 17.5. The van der Waals surface area contributed by atoms with Gasteiger partial charge < -0.3 is 15.7 Å². The van der Waals surface area contributed by atoms with Crippen LogP contribution in [0.25, 0.3) is 0 Å². The molecule has 2 rings (SSSR count). The van der Waals surface area contributed by atoms with Crippen LogP contribution >= 0.6 is 0 Å². The average molecular weight is 318 g/mol. The molecule has 0 heterocycles. The summed E-state index contributed by atoms with van der Waals surface area (Å²) in [6.45, 7) is 5.51. The zero-order chi connectivity index (χ0) is 17.0. The van der Waals surface area contributed by atoms with Crippen LogP contribution in [-0.4, -0.2) is 29.1 Å². The Bertz CT molecular complexity index is 578. The maximum Gasteiger partial charge on any atom is 0.251 e. The van der Waals surface area contributed by atoms with Crippen LogP contribution in [0.4, 0.5) is 5.69 Å². The third-order valence-corrected chi connectivity index (χ3v) is 4.11. The SMILES string of the molecule is CC(C)(C)C(=O)Nc1cccc(C(=O)NC2CCCCC2O)c1. The Morgan fingerprint density at radius 2 is 1.87 bits per heavy atom. The Morgan fingerprint density at radius 3 is 2.52 bits per heavy atom. The molecule has 1 aliphatic rings. The highest BCUT2D eigenvalue weighted by Crippen LogP contribution is 2.20. The molecular formula is C18H26N2O3. The van der Waals surface area contributed by atoms with Crippen molar-refractivity contribution in [3.8, 4) is 0 Å². The number of hydrogen-bond donors (Lipinski definition) is 3. The molecule has 1 fully saturated rings. The second-order valence-corrected chi connectivity index (χ2v) is 7.22. The van der Waals surface area contributed by atoms with Crippen LogP contribution in [0.5, 0.6) is 0 Å². The van der Waals surface area contributed by atoms with Gasteiger partial charge in [0, 0.05) is 16.7 Å². The van der Waals surface area contributed by atoms with E-state index in [0.29, 0.717) is 11.3 Å². The van der Waals surface area contributed by atoms with Gasteiger partial charge in [-0.3, -0.25) is 9.59 Å². The van der Waals surface area contributed by atoms with Gasteiger partial charge in [0.05, 0.1) is 12.1 Å². The first-order chi connectivity index (χ1) is 10.8. The summed E-state index contributed by atoms with van der Waals surface area (Å²) in [4.78, 5) is 24.4. The van der Waals surface area contributed by atoms with Crippen LogP contribution < -0.4 is 10.6 Å². The number of rotatable bonds is 3. The van der Waals surface area contributed by atoms with Gasteiger partial charge in [0.25, 0.3) is 5.91 Å². The van der Waals surface area contributed by atoms with Gasteiger partial charge in [-0.15, -0.1) is 0 Å². The lowest BCUT2D eigenvalue weighted by Crippen LogP contribution is -2.45. The number of benzene rings is 1. The van der Waals surface area contributed by atoms with Crippen molar-refractivity contribution >= 4 is 17.5 Å². The highest BCUT2D eigenvalue weighted by molar-refractivity contribution is 5.98. The molecule has 0 spiro atoms. The van der Waals surface area contributed by atoms with Crippen LogP contribution in [0.2, 0.25) is 0 Å². The lowest BCUT2D eigenvalue weighted by Gasteiger charge is -2.28. The number of nitrogens with one attached hydrogen (secondary N) is 2. The van der Waals surface area contributed by atoms with Gasteiger partial charge in [-0.2, -0.15) is 0 Å². The third kappa shape index (κ3) is 4.79. The van der Waals surface area contributed by atoms with Gasteiger partial charge >= 0.3 is 0 Å². The van der Waals surface area contributed by atoms with E-state index in [1.165, 1.54) is 0 Å². The molecule has 126 valence electrons. The van der Waals surface area contributed by atoms with Crippen molar-refractivity contribution in [3.05, 3.63) is 29.8 Å². The summed E-state index contributed by atoms with van der Waals surface area (Å²) in [5, 5.41) is 15.7. The topological polar surface area (TPSA) is 78.4 Å². The number of carbonyl (C=O) groups is 2. The minimum Gasteiger partial charge on any atom is -0.391 e. The minimum absolute atomic E-state index is 0.0993. The van der Waals surface area contributed by atoms with Gasteiger partial charge in [0.1, 0.15) is 0 Å². The molecule has 0 saturated heterocycles. The van der Waals surface area contributed by atoms with E-state index in [9.17, 15) is 14.7 Å². The highest BCUT2D eigenvalue weighted by atomic mass is 16.3. The van der Waals surface area contributed by atoms with Crippen molar-refractivity contribution in [1.29, 1.82) is 0 Å². The molecule has 5 heteroatoms. The first-order valence-corrected chi connectivity index (χ1v) is 8.18. The second kappa shape index (κ2) is 7.13. The molecule has 1 aromatic carbocycles. The maximum absolute atomic E-state index is 12.4. The molecule has 1 aromatic rings. The number of amides is 2. The Kier molecular flexibility index (Phi) is 5.42. The third-order valence-electron chi connectivity index (χ3n) is 4.11. The van der Waals surface area contributed by atoms with E-state index in [0.717, 1.165) is 25.7 Å². The lowest BCUT2D eigenvalue weighted by atomic mass is 9.92. The summed E-state index contributed by atoms with van der Waals surface area (Å²) in [5.41, 5.74) is 0.584. The zero-order valence-corrected chi connectivity index (χ0v) is 14.1. The molecule has 0 aliphatic heterocycles. The van der Waals surface area contributed by atoms with Crippen LogP contribution in [-0.2, 0) is 4.79 Å². The summed E-state index contributed by atoms with van der Waals surface area (Å²) in [6, 6.07) is 6.68. The van der Waals surface area contributed by atoms with Gasteiger partial charge in [0.2, 0.25) is 5.91 Å². The fourth-order valence-electron chi connectivity index (χ4n) is 2.59. The molecule has 2 amide bonds. The van der Waals surface area contributed by atoms with E-state index < -0.39 is 11.5 Å². The van der Waals surface area contributed by atoms with Gasteiger partial charge in [-0.05, 0) is 31.0 Å².